The normalized spacial score (nSPS) is 14.1. The highest BCUT2D eigenvalue weighted by atomic mass is 79.9. The Morgan fingerprint density at radius 2 is 1.82 bits per heavy atom. The summed E-state index contributed by atoms with van der Waals surface area (Å²) in [5.41, 5.74) is 1.89. The zero-order chi connectivity index (χ0) is 20.1. The molecule has 0 radical (unpaired) electrons. The van der Waals surface area contributed by atoms with Crippen molar-refractivity contribution in [1.29, 1.82) is 0 Å². The second kappa shape index (κ2) is 10.1. The van der Waals surface area contributed by atoms with Crippen LogP contribution in [0.5, 0.6) is 11.5 Å². The molecule has 1 heterocycles. The number of benzene rings is 2. The van der Waals surface area contributed by atoms with Gasteiger partial charge in [-0.2, -0.15) is 0 Å². The summed E-state index contributed by atoms with van der Waals surface area (Å²) in [5.74, 6) is 1.32. The number of hydrogen-bond donors (Lipinski definition) is 0. The molecule has 1 aliphatic heterocycles. The Morgan fingerprint density at radius 1 is 1.07 bits per heavy atom. The molecule has 1 aliphatic rings. The molecular weight excluding hydrogens is 481 g/mol. The molecule has 3 nitrogen and oxygen atoms in total. The van der Waals surface area contributed by atoms with E-state index in [1.165, 1.54) is 19.3 Å². The van der Waals surface area contributed by atoms with Crippen molar-refractivity contribution in [3.63, 3.8) is 0 Å². The molecule has 0 aromatic heterocycles. The van der Waals surface area contributed by atoms with Crippen LogP contribution >= 0.6 is 51.3 Å². The molecule has 150 valence electrons. The van der Waals surface area contributed by atoms with Crippen molar-refractivity contribution in [3.05, 3.63) is 56.0 Å². The fourth-order valence-electron chi connectivity index (χ4n) is 3.16. The van der Waals surface area contributed by atoms with Gasteiger partial charge in [-0.25, -0.2) is 0 Å². The molecule has 2 aromatic carbocycles. The summed E-state index contributed by atoms with van der Waals surface area (Å²) < 4.78 is 12.7. The highest BCUT2D eigenvalue weighted by Crippen LogP contribution is 2.38. The van der Waals surface area contributed by atoms with E-state index in [2.05, 4.69) is 20.8 Å². The molecule has 0 bridgehead atoms. The van der Waals surface area contributed by atoms with Gasteiger partial charge < -0.3 is 14.4 Å². The molecule has 0 N–H and O–H groups in total. The van der Waals surface area contributed by atoms with Gasteiger partial charge in [0.05, 0.1) is 21.1 Å². The molecule has 1 saturated heterocycles. The predicted molar refractivity (Wildman–Crippen MR) is 123 cm³/mol. The van der Waals surface area contributed by atoms with E-state index >= 15 is 0 Å². The molecule has 3 rings (SSSR count). The van der Waals surface area contributed by atoms with Crippen LogP contribution in [-0.4, -0.2) is 29.6 Å². The summed E-state index contributed by atoms with van der Waals surface area (Å²) in [4.78, 5) is 3.13. The van der Waals surface area contributed by atoms with Crippen molar-refractivity contribution < 1.29 is 9.47 Å². The maximum atomic E-state index is 6.10. The molecule has 2 aromatic rings. The van der Waals surface area contributed by atoms with Gasteiger partial charge in [-0.05, 0) is 71.9 Å². The lowest BCUT2D eigenvalue weighted by Gasteiger charge is -2.29. The average Bonchev–Trinajstić information content (AvgIpc) is 2.70. The van der Waals surface area contributed by atoms with Crippen LogP contribution in [0.2, 0.25) is 10.0 Å². The molecule has 28 heavy (non-hydrogen) atoms. The third-order valence-electron chi connectivity index (χ3n) is 4.57. The summed E-state index contributed by atoms with van der Waals surface area (Å²) >= 11 is 21.4. The Kier molecular flexibility index (Phi) is 7.86. The first-order chi connectivity index (χ1) is 13.5. The van der Waals surface area contributed by atoms with Crippen LogP contribution in [0.4, 0.5) is 0 Å². The molecule has 0 saturated carbocycles. The molecule has 1 fully saturated rings. The number of ether oxygens (including phenoxy) is 2. The van der Waals surface area contributed by atoms with Crippen molar-refractivity contribution in [3.8, 4) is 11.5 Å². The first-order valence-electron chi connectivity index (χ1n) is 9.32. The number of nitrogens with zero attached hydrogens (tertiary/aromatic N) is 1. The monoisotopic (exact) mass is 501 g/mol. The Balaban J connectivity index is 1.81. The second-order valence-electron chi connectivity index (χ2n) is 6.61. The minimum Gasteiger partial charge on any atom is -0.490 e. The smallest absolute Gasteiger partial charge is 0.175 e. The fourth-order valence-corrected chi connectivity index (χ4v) is 4.34. The third-order valence-corrected chi connectivity index (χ3v) is 6.39. The minimum absolute atomic E-state index is 0.353. The number of hydrogen-bond acceptors (Lipinski definition) is 3. The van der Waals surface area contributed by atoms with Crippen LogP contribution in [-0.2, 0) is 6.61 Å². The van der Waals surface area contributed by atoms with E-state index in [4.69, 9.17) is 44.9 Å². The number of halogens is 3. The third kappa shape index (κ3) is 5.32. The first-order valence-corrected chi connectivity index (χ1v) is 11.3. The Hall–Kier alpha value is -1.01. The van der Waals surface area contributed by atoms with Crippen molar-refractivity contribution in [2.75, 3.05) is 19.7 Å². The SMILES string of the molecule is CCOc1cc(C(=S)N2CCCCC2)cc(Br)c1OCc1ccc(Cl)c(Cl)c1. The van der Waals surface area contributed by atoms with Gasteiger partial charge in [-0.3, -0.25) is 0 Å². The molecule has 0 amide bonds. The van der Waals surface area contributed by atoms with Crippen LogP contribution in [0.3, 0.4) is 0 Å². The first kappa shape index (κ1) is 21.7. The van der Waals surface area contributed by atoms with Gasteiger partial charge in [0.2, 0.25) is 0 Å². The van der Waals surface area contributed by atoms with E-state index in [0.717, 1.165) is 33.7 Å². The lowest BCUT2D eigenvalue weighted by atomic mass is 10.1. The summed E-state index contributed by atoms with van der Waals surface area (Å²) in [6.45, 7) is 4.86. The average molecular weight is 503 g/mol. The van der Waals surface area contributed by atoms with Gasteiger partial charge in [-0.15, -0.1) is 0 Å². The highest BCUT2D eigenvalue weighted by Gasteiger charge is 2.19. The van der Waals surface area contributed by atoms with Crippen LogP contribution in [0.1, 0.15) is 37.3 Å². The molecular formula is C21H22BrCl2NO2S. The zero-order valence-corrected chi connectivity index (χ0v) is 19.6. The fraction of sp³-hybridized carbons (Fsp3) is 0.381. The van der Waals surface area contributed by atoms with Gasteiger partial charge in [0.25, 0.3) is 0 Å². The summed E-state index contributed by atoms with van der Waals surface area (Å²) in [6.07, 6.45) is 3.64. The van der Waals surface area contributed by atoms with Crippen molar-refractivity contribution >= 4 is 56.3 Å². The van der Waals surface area contributed by atoms with Gasteiger partial charge in [-0.1, -0.05) is 41.5 Å². The van der Waals surface area contributed by atoms with Crippen molar-refractivity contribution in [2.24, 2.45) is 0 Å². The largest absolute Gasteiger partial charge is 0.490 e. The van der Waals surface area contributed by atoms with Crippen molar-refractivity contribution in [1.82, 2.24) is 4.90 Å². The quantitative estimate of drug-likeness (QED) is 0.400. The van der Waals surface area contributed by atoms with Gasteiger partial charge >= 0.3 is 0 Å². The van der Waals surface area contributed by atoms with Crippen LogP contribution in [0, 0.1) is 0 Å². The van der Waals surface area contributed by atoms with E-state index in [0.29, 0.717) is 34.8 Å². The lowest BCUT2D eigenvalue weighted by molar-refractivity contribution is 0.267. The van der Waals surface area contributed by atoms with Gasteiger partial charge in [0.1, 0.15) is 11.6 Å². The molecule has 0 atom stereocenters. The zero-order valence-electron chi connectivity index (χ0n) is 15.6. The van der Waals surface area contributed by atoms with E-state index in [1.54, 1.807) is 12.1 Å². The Bertz CT molecular complexity index is 857. The summed E-state index contributed by atoms with van der Waals surface area (Å²) in [5, 5.41) is 1.03. The summed E-state index contributed by atoms with van der Waals surface area (Å²) in [7, 11) is 0. The van der Waals surface area contributed by atoms with Gasteiger partial charge in [0.15, 0.2) is 11.5 Å². The van der Waals surface area contributed by atoms with Crippen LogP contribution in [0.25, 0.3) is 0 Å². The van der Waals surface area contributed by atoms with E-state index in [1.807, 2.05) is 25.1 Å². The molecule has 7 heteroatoms. The topological polar surface area (TPSA) is 21.7 Å². The Morgan fingerprint density at radius 3 is 2.50 bits per heavy atom. The molecule has 0 aliphatic carbocycles. The molecule has 0 spiro atoms. The van der Waals surface area contributed by atoms with E-state index in [-0.39, 0.29) is 0 Å². The number of thiocarbonyl (C=S) groups is 1. The van der Waals surface area contributed by atoms with E-state index in [9.17, 15) is 0 Å². The number of likely N-dealkylation sites (tertiary alicyclic amines) is 1. The minimum atomic E-state index is 0.353. The number of piperidine rings is 1. The predicted octanol–water partition coefficient (Wildman–Crippen LogP) is 6.90. The summed E-state index contributed by atoms with van der Waals surface area (Å²) in [6, 6.07) is 9.43. The van der Waals surface area contributed by atoms with Crippen molar-refractivity contribution in [2.45, 2.75) is 32.8 Å². The van der Waals surface area contributed by atoms with Crippen LogP contribution in [0.15, 0.2) is 34.8 Å². The van der Waals surface area contributed by atoms with Gasteiger partial charge in [0, 0.05) is 18.7 Å². The number of rotatable bonds is 6. The molecule has 0 unspecified atom stereocenters. The maximum Gasteiger partial charge on any atom is 0.175 e. The lowest BCUT2D eigenvalue weighted by Crippen LogP contribution is -2.34. The maximum absolute atomic E-state index is 6.10. The van der Waals surface area contributed by atoms with E-state index < -0.39 is 0 Å². The second-order valence-corrected chi connectivity index (χ2v) is 8.66. The highest BCUT2D eigenvalue weighted by molar-refractivity contribution is 9.10. The van der Waals surface area contributed by atoms with Crippen LogP contribution < -0.4 is 9.47 Å². The Labute approximate surface area is 190 Å². The standard InChI is InChI=1S/C21H22BrCl2NO2S/c1-2-26-19-12-15(21(28)25-8-4-3-5-9-25)11-16(22)20(19)27-13-14-6-7-17(23)18(24)10-14/h6-7,10-12H,2-5,8-9,13H2,1H3.